The lowest BCUT2D eigenvalue weighted by atomic mass is 9.96. The van der Waals surface area contributed by atoms with E-state index in [2.05, 4.69) is 0 Å². The standard InChI is InChI=1S/C52H52O10/c1-36(53)59-42-25-23-41(24-26-42)45-28-27-44-46(60-45)29-43(54-2)30-47(44)61-52-51(58-34-40-21-13-6-14-22-40)50(57-33-39-19-11-5-12-20-39)49(56-32-38-17-9-4-10-18-38)48(62-52)35-55-31-37-15-7-3-8-16-37/h3-26,29-30,45,48-52H,27-28,31-35H2,1-2H3/t45?,48-,49-,50+,51-,52-/m1/s1. The Kier molecular flexibility index (Phi) is 14.6. The van der Waals surface area contributed by atoms with Crippen molar-refractivity contribution in [3.05, 3.63) is 191 Å². The highest BCUT2D eigenvalue weighted by Gasteiger charge is 2.50. The third-order valence-corrected chi connectivity index (χ3v) is 10.9. The van der Waals surface area contributed by atoms with Crippen LogP contribution < -0.4 is 18.9 Å². The van der Waals surface area contributed by atoms with E-state index in [4.69, 9.17) is 42.6 Å². The minimum atomic E-state index is -0.968. The van der Waals surface area contributed by atoms with Crippen molar-refractivity contribution in [2.75, 3.05) is 13.7 Å². The Morgan fingerprint density at radius 1 is 0.613 bits per heavy atom. The van der Waals surface area contributed by atoms with Gasteiger partial charge in [-0.25, -0.2) is 0 Å². The van der Waals surface area contributed by atoms with Crippen LogP contribution in [0, 0.1) is 0 Å². The first kappa shape index (κ1) is 42.7. The SMILES string of the molecule is COc1cc2c(c(O[C@@H]3O[C@H](COCc4ccccc4)[C@@H](OCc4ccccc4)[C@H](OCc4ccccc4)[C@H]3OCc3ccccc3)c1)CCC(c1ccc(OC(C)=O)cc1)O2. The van der Waals surface area contributed by atoms with Gasteiger partial charge < -0.3 is 42.6 Å². The lowest BCUT2D eigenvalue weighted by Crippen LogP contribution is -2.62. The van der Waals surface area contributed by atoms with Gasteiger partial charge in [-0.3, -0.25) is 4.79 Å². The van der Waals surface area contributed by atoms with Gasteiger partial charge >= 0.3 is 5.97 Å². The molecule has 0 bridgehead atoms. The zero-order valence-electron chi connectivity index (χ0n) is 35.0. The molecular formula is C52H52O10. The van der Waals surface area contributed by atoms with E-state index >= 15 is 0 Å². The molecule has 0 spiro atoms. The van der Waals surface area contributed by atoms with Crippen molar-refractivity contribution in [2.24, 2.45) is 0 Å². The summed E-state index contributed by atoms with van der Waals surface area (Å²) in [6.45, 7) is 2.86. The molecule has 0 N–H and O–H groups in total. The van der Waals surface area contributed by atoms with Crippen molar-refractivity contribution in [1.82, 2.24) is 0 Å². The second-order valence-electron chi connectivity index (χ2n) is 15.4. The predicted molar refractivity (Wildman–Crippen MR) is 233 cm³/mol. The van der Waals surface area contributed by atoms with Gasteiger partial charge in [-0.1, -0.05) is 133 Å². The molecule has 6 atom stereocenters. The quantitative estimate of drug-likeness (QED) is 0.0615. The molecule has 2 heterocycles. The molecule has 0 aromatic heterocycles. The highest BCUT2D eigenvalue weighted by Crippen LogP contribution is 2.44. The van der Waals surface area contributed by atoms with Gasteiger partial charge in [0.15, 0.2) is 0 Å². The molecule has 2 aliphatic heterocycles. The van der Waals surface area contributed by atoms with Crippen LogP contribution in [0.3, 0.4) is 0 Å². The molecule has 6 aromatic rings. The van der Waals surface area contributed by atoms with E-state index in [0.29, 0.717) is 55.7 Å². The van der Waals surface area contributed by atoms with Crippen LogP contribution >= 0.6 is 0 Å². The van der Waals surface area contributed by atoms with Crippen LogP contribution in [0.2, 0.25) is 0 Å². The normalized spacial score (nSPS) is 20.7. The van der Waals surface area contributed by atoms with Gasteiger partial charge in [0, 0.05) is 24.6 Å². The smallest absolute Gasteiger partial charge is 0.308 e. The fourth-order valence-electron chi connectivity index (χ4n) is 7.78. The zero-order chi connectivity index (χ0) is 42.5. The van der Waals surface area contributed by atoms with Gasteiger partial charge in [0.1, 0.15) is 53.5 Å². The number of hydrogen-bond donors (Lipinski definition) is 0. The molecule has 0 amide bonds. The van der Waals surface area contributed by atoms with Gasteiger partial charge in [-0.15, -0.1) is 0 Å². The van der Waals surface area contributed by atoms with E-state index in [0.717, 1.165) is 33.4 Å². The van der Waals surface area contributed by atoms with Crippen molar-refractivity contribution in [3.8, 4) is 23.0 Å². The van der Waals surface area contributed by atoms with Crippen LogP contribution in [-0.4, -0.2) is 50.4 Å². The summed E-state index contributed by atoms with van der Waals surface area (Å²) in [5.74, 6) is 1.86. The summed E-state index contributed by atoms with van der Waals surface area (Å²) < 4.78 is 58.8. The topological polar surface area (TPSA) is 100 Å². The second kappa shape index (κ2) is 21.2. The minimum absolute atomic E-state index is 0.196. The fourth-order valence-corrected chi connectivity index (χ4v) is 7.78. The van der Waals surface area contributed by atoms with Crippen molar-refractivity contribution in [1.29, 1.82) is 0 Å². The summed E-state index contributed by atoms with van der Waals surface area (Å²) in [5, 5.41) is 0. The highest BCUT2D eigenvalue weighted by atomic mass is 16.7. The average molecular weight is 837 g/mol. The lowest BCUT2D eigenvalue weighted by molar-refractivity contribution is -0.310. The molecule has 10 nitrogen and oxygen atoms in total. The Morgan fingerprint density at radius 3 is 1.69 bits per heavy atom. The van der Waals surface area contributed by atoms with Crippen LogP contribution in [0.4, 0.5) is 0 Å². The third kappa shape index (κ3) is 11.3. The second-order valence-corrected chi connectivity index (χ2v) is 15.4. The largest absolute Gasteiger partial charge is 0.496 e. The zero-order valence-corrected chi connectivity index (χ0v) is 35.0. The van der Waals surface area contributed by atoms with E-state index in [1.165, 1.54) is 6.92 Å². The number of ether oxygens (including phenoxy) is 9. The Bertz CT molecular complexity index is 2290. The Hall–Kier alpha value is -6.01. The first-order valence-electron chi connectivity index (χ1n) is 21.1. The summed E-state index contributed by atoms with van der Waals surface area (Å²) in [4.78, 5) is 11.5. The fraction of sp³-hybridized carbons (Fsp3) is 0.288. The van der Waals surface area contributed by atoms with Crippen molar-refractivity contribution >= 4 is 5.97 Å². The molecule has 1 fully saturated rings. The summed E-state index contributed by atoms with van der Waals surface area (Å²) in [5.41, 5.74) is 5.89. The number of fused-ring (bicyclic) bond motifs is 1. The van der Waals surface area contributed by atoms with Crippen molar-refractivity contribution < 1.29 is 47.4 Å². The van der Waals surface area contributed by atoms with E-state index in [1.807, 2.05) is 146 Å². The Labute approximate surface area is 363 Å². The molecule has 320 valence electrons. The molecule has 0 radical (unpaired) electrons. The van der Waals surface area contributed by atoms with Crippen LogP contribution in [0.15, 0.2) is 158 Å². The molecule has 1 saturated heterocycles. The van der Waals surface area contributed by atoms with Gasteiger partial charge in [0.25, 0.3) is 0 Å². The van der Waals surface area contributed by atoms with Crippen LogP contribution in [-0.2, 0) is 61.3 Å². The highest BCUT2D eigenvalue weighted by molar-refractivity contribution is 5.69. The van der Waals surface area contributed by atoms with Crippen molar-refractivity contribution in [2.45, 2.75) is 83.0 Å². The third-order valence-electron chi connectivity index (χ3n) is 10.9. The molecule has 62 heavy (non-hydrogen) atoms. The van der Waals surface area contributed by atoms with E-state index in [-0.39, 0.29) is 25.3 Å². The summed E-state index contributed by atoms with van der Waals surface area (Å²) in [6.07, 6.45) is -2.56. The van der Waals surface area contributed by atoms with Gasteiger partial charge in [0.05, 0.1) is 40.1 Å². The molecular weight excluding hydrogens is 785 g/mol. The van der Waals surface area contributed by atoms with Crippen molar-refractivity contribution in [3.63, 3.8) is 0 Å². The molecule has 0 saturated carbocycles. The minimum Gasteiger partial charge on any atom is -0.496 e. The van der Waals surface area contributed by atoms with Crippen LogP contribution in [0.25, 0.3) is 0 Å². The number of esters is 1. The van der Waals surface area contributed by atoms with E-state index in [9.17, 15) is 4.79 Å². The number of benzene rings is 6. The number of rotatable bonds is 18. The molecule has 10 heteroatoms. The number of hydrogen-bond acceptors (Lipinski definition) is 10. The molecule has 6 aromatic carbocycles. The Balaban J connectivity index is 1.13. The van der Waals surface area contributed by atoms with Gasteiger partial charge in [-0.05, 0) is 52.8 Å². The first-order valence-corrected chi connectivity index (χ1v) is 21.1. The molecule has 8 rings (SSSR count). The predicted octanol–water partition coefficient (Wildman–Crippen LogP) is 9.76. The number of methoxy groups -OCH3 is 1. The lowest BCUT2D eigenvalue weighted by Gasteiger charge is -2.46. The Morgan fingerprint density at radius 2 is 1.15 bits per heavy atom. The molecule has 1 unspecified atom stereocenters. The number of carbonyl (C=O) groups is 1. The maximum absolute atomic E-state index is 11.5. The maximum Gasteiger partial charge on any atom is 0.308 e. The summed E-state index contributed by atoms with van der Waals surface area (Å²) >= 11 is 0. The number of carbonyl (C=O) groups excluding carboxylic acids is 1. The van der Waals surface area contributed by atoms with E-state index in [1.54, 1.807) is 19.2 Å². The summed E-state index contributed by atoms with van der Waals surface area (Å²) in [7, 11) is 1.62. The van der Waals surface area contributed by atoms with E-state index < -0.39 is 30.7 Å². The maximum atomic E-state index is 11.5. The first-order chi connectivity index (χ1) is 30.5. The van der Waals surface area contributed by atoms with Crippen LogP contribution in [0.5, 0.6) is 23.0 Å². The van der Waals surface area contributed by atoms with Crippen LogP contribution in [0.1, 0.15) is 52.8 Å². The monoisotopic (exact) mass is 836 g/mol. The van der Waals surface area contributed by atoms with Gasteiger partial charge in [-0.2, -0.15) is 0 Å². The average Bonchev–Trinajstić information content (AvgIpc) is 3.31. The summed E-state index contributed by atoms with van der Waals surface area (Å²) in [6, 6.07) is 51.3. The molecule has 2 aliphatic rings. The molecule has 0 aliphatic carbocycles. The van der Waals surface area contributed by atoms with Gasteiger partial charge in [0.2, 0.25) is 6.29 Å².